The van der Waals surface area contributed by atoms with Gasteiger partial charge in [-0.1, -0.05) is 48.2 Å². The number of rotatable bonds is 5. The Kier molecular flexibility index (Phi) is 6.78. The van der Waals surface area contributed by atoms with E-state index in [-0.39, 0.29) is 5.92 Å². The van der Waals surface area contributed by atoms with Crippen LogP contribution in [0.2, 0.25) is 10.0 Å². The minimum Gasteiger partial charge on any atom is -0.495 e. The van der Waals surface area contributed by atoms with Gasteiger partial charge in [-0.15, -0.1) is 0 Å². The van der Waals surface area contributed by atoms with Gasteiger partial charge in [0.05, 0.1) is 18.4 Å². The lowest BCUT2D eigenvalue weighted by Gasteiger charge is -2.45. The highest BCUT2D eigenvalue weighted by atomic mass is 35.5. The summed E-state index contributed by atoms with van der Waals surface area (Å²) in [5, 5.41) is 12.9. The highest BCUT2D eigenvalue weighted by molar-refractivity contribution is 6.34. The number of piperazine rings is 1. The fourth-order valence-electron chi connectivity index (χ4n) is 5.03. The van der Waals surface area contributed by atoms with Gasteiger partial charge in [-0.25, -0.2) is 0 Å². The third-order valence-electron chi connectivity index (χ3n) is 6.68. The summed E-state index contributed by atoms with van der Waals surface area (Å²) in [6.45, 7) is 4.74. The Morgan fingerprint density at radius 3 is 2.43 bits per heavy atom. The number of nitrogens with zero attached hydrogens (tertiary/aromatic N) is 2. The van der Waals surface area contributed by atoms with E-state index >= 15 is 0 Å². The number of para-hydroxylation sites is 2. The summed E-state index contributed by atoms with van der Waals surface area (Å²) < 4.78 is 5.53. The molecule has 2 aromatic carbocycles. The highest BCUT2D eigenvalue weighted by Crippen LogP contribution is 2.43. The minimum absolute atomic E-state index is 0.179. The van der Waals surface area contributed by atoms with E-state index < -0.39 is 5.60 Å². The van der Waals surface area contributed by atoms with Crippen LogP contribution in [0.5, 0.6) is 5.75 Å². The van der Waals surface area contributed by atoms with E-state index in [1.807, 2.05) is 24.3 Å². The van der Waals surface area contributed by atoms with Crippen LogP contribution < -0.4 is 9.64 Å². The van der Waals surface area contributed by atoms with Crippen LogP contribution in [0.1, 0.15) is 31.2 Å². The molecule has 4 nitrogen and oxygen atoms in total. The number of halogens is 2. The molecule has 2 unspecified atom stereocenters. The minimum atomic E-state index is -0.868. The summed E-state index contributed by atoms with van der Waals surface area (Å²) in [6.07, 6.45) is 3.96. The number of aliphatic hydroxyl groups is 1. The first-order valence-electron chi connectivity index (χ1n) is 10.8. The molecule has 1 aliphatic heterocycles. The van der Waals surface area contributed by atoms with E-state index in [1.165, 1.54) is 0 Å². The predicted molar refractivity (Wildman–Crippen MR) is 124 cm³/mol. The van der Waals surface area contributed by atoms with Crippen LogP contribution in [0.4, 0.5) is 5.69 Å². The van der Waals surface area contributed by atoms with Gasteiger partial charge in [-0.05, 0) is 48.7 Å². The summed E-state index contributed by atoms with van der Waals surface area (Å²) in [5.74, 6) is 1.10. The second kappa shape index (κ2) is 9.35. The Morgan fingerprint density at radius 1 is 1.03 bits per heavy atom. The van der Waals surface area contributed by atoms with Crippen LogP contribution in [0.3, 0.4) is 0 Å². The first-order valence-corrected chi connectivity index (χ1v) is 11.5. The van der Waals surface area contributed by atoms with Crippen LogP contribution in [-0.4, -0.2) is 49.8 Å². The van der Waals surface area contributed by atoms with Crippen molar-refractivity contribution < 1.29 is 9.84 Å². The van der Waals surface area contributed by atoms with Crippen molar-refractivity contribution >= 4 is 28.9 Å². The molecule has 1 heterocycles. The van der Waals surface area contributed by atoms with E-state index in [9.17, 15) is 5.11 Å². The third kappa shape index (κ3) is 4.57. The first kappa shape index (κ1) is 21.8. The number of hydrogen-bond donors (Lipinski definition) is 1. The standard InChI is InChI=1S/C24H30Cl2N2O2/c1-30-23-8-3-2-7-22(23)28-12-10-27(11-13-28)17-18-6-4-5-9-24(18,29)19-14-20(25)16-21(26)15-19/h2-3,7-8,14-16,18,29H,4-6,9-13,17H2,1H3. The Balaban J connectivity index is 1.44. The number of anilines is 1. The monoisotopic (exact) mass is 448 g/mol. The van der Waals surface area contributed by atoms with Gasteiger partial charge in [0.25, 0.3) is 0 Å². The van der Waals surface area contributed by atoms with Crippen molar-refractivity contribution in [3.8, 4) is 5.75 Å². The van der Waals surface area contributed by atoms with E-state index in [0.717, 1.165) is 75.4 Å². The molecule has 1 aliphatic carbocycles. The molecule has 30 heavy (non-hydrogen) atoms. The summed E-state index contributed by atoms with van der Waals surface area (Å²) in [6, 6.07) is 13.7. The van der Waals surface area contributed by atoms with Crippen LogP contribution in [0.25, 0.3) is 0 Å². The summed E-state index contributed by atoms with van der Waals surface area (Å²) >= 11 is 12.5. The molecule has 1 saturated carbocycles. The lowest BCUT2D eigenvalue weighted by Crippen LogP contribution is -2.51. The number of benzene rings is 2. The van der Waals surface area contributed by atoms with Crippen molar-refractivity contribution in [3.05, 3.63) is 58.1 Å². The molecule has 2 fully saturated rings. The zero-order chi connectivity index (χ0) is 21.1. The van der Waals surface area contributed by atoms with Gasteiger partial charge < -0.3 is 14.7 Å². The van der Waals surface area contributed by atoms with Gasteiger partial charge in [0, 0.05) is 48.7 Å². The smallest absolute Gasteiger partial charge is 0.142 e. The quantitative estimate of drug-likeness (QED) is 0.681. The molecular formula is C24H30Cl2N2O2. The average Bonchev–Trinajstić information content (AvgIpc) is 2.75. The zero-order valence-electron chi connectivity index (χ0n) is 17.5. The number of ether oxygens (including phenoxy) is 1. The van der Waals surface area contributed by atoms with E-state index in [2.05, 4.69) is 21.9 Å². The van der Waals surface area contributed by atoms with Crippen molar-refractivity contribution in [2.75, 3.05) is 44.7 Å². The van der Waals surface area contributed by atoms with E-state index in [1.54, 1.807) is 13.2 Å². The second-order valence-corrected chi connectivity index (χ2v) is 9.36. The SMILES string of the molecule is COc1ccccc1N1CCN(CC2CCCCC2(O)c2cc(Cl)cc(Cl)c2)CC1. The fourth-order valence-corrected chi connectivity index (χ4v) is 5.55. The lowest BCUT2D eigenvalue weighted by molar-refractivity contribution is -0.0660. The molecule has 2 atom stereocenters. The maximum atomic E-state index is 11.7. The molecule has 4 rings (SSSR count). The molecule has 2 aromatic rings. The molecule has 0 bridgehead atoms. The maximum Gasteiger partial charge on any atom is 0.142 e. The molecule has 162 valence electrons. The molecule has 1 N–H and O–H groups in total. The summed E-state index contributed by atoms with van der Waals surface area (Å²) in [7, 11) is 1.72. The molecule has 2 aliphatic rings. The van der Waals surface area contributed by atoms with Crippen LogP contribution in [-0.2, 0) is 5.60 Å². The Labute approximate surface area is 189 Å². The second-order valence-electron chi connectivity index (χ2n) is 8.48. The largest absolute Gasteiger partial charge is 0.495 e. The van der Waals surface area contributed by atoms with Gasteiger partial charge in [-0.3, -0.25) is 4.90 Å². The first-order chi connectivity index (χ1) is 14.5. The van der Waals surface area contributed by atoms with Crippen molar-refractivity contribution in [2.24, 2.45) is 5.92 Å². The summed E-state index contributed by atoms with van der Waals surface area (Å²) in [4.78, 5) is 4.87. The van der Waals surface area contributed by atoms with Gasteiger partial charge in [0.15, 0.2) is 0 Å². The number of hydrogen-bond acceptors (Lipinski definition) is 4. The molecule has 1 saturated heterocycles. The van der Waals surface area contributed by atoms with Gasteiger partial charge in [-0.2, -0.15) is 0 Å². The van der Waals surface area contributed by atoms with Crippen molar-refractivity contribution in [1.82, 2.24) is 4.90 Å². The number of methoxy groups -OCH3 is 1. The van der Waals surface area contributed by atoms with Crippen molar-refractivity contribution in [2.45, 2.75) is 31.3 Å². The molecule has 0 amide bonds. The lowest BCUT2D eigenvalue weighted by atomic mass is 9.71. The fraction of sp³-hybridized carbons (Fsp3) is 0.500. The zero-order valence-corrected chi connectivity index (χ0v) is 19.0. The Bertz CT molecular complexity index is 850. The van der Waals surface area contributed by atoms with E-state index in [0.29, 0.717) is 10.0 Å². The topological polar surface area (TPSA) is 35.9 Å². The van der Waals surface area contributed by atoms with Crippen LogP contribution in [0, 0.1) is 5.92 Å². The van der Waals surface area contributed by atoms with E-state index in [4.69, 9.17) is 27.9 Å². The third-order valence-corrected chi connectivity index (χ3v) is 7.11. The van der Waals surface area contributed by atoms with Gasteiger partial charge >= 0.3 is 0 Å². The Hall–Kier alpha value is -1.46. The molecule has 0 aromatic heterocycles. The molecule has 6 heteroatoms. The van der Waals surface area contributed by atoms with Crippen LogP contribution in [0.15, 0.2) is 42.5 Å². The summed E-state index contributed by atoms with van der Waals surface area (Å²) in [5.41, 5.74) is 1.15. The predicted octanol–water partition coefficient (Wildman–Crippen LogP) is 5.20. The van der Waals surface area contributed by atoms with Gasteiger partial charge in [0.1, 0.15) is 5.75 Å². The molecule has 0 spiro atoms. The van der Waals surface area contributed by atoms with Gasteiger partial charge in [0.2, 0.25) is 0 Å². The maximum absolute atomic E-state index is 11.7. The molecule has 0 radical (unpaired) electrons. The van der Waals surface area contributed by atoms with Crippen molar-refractivity contribution in [1.29, 1.82) is 0 Å². The molecular weight excluding hydrogens is 419 g/mol. The average molecular weight is 449 g/mol. The Morgan fingerprint density at radius 2 is 1.73 bits per heavy atom. The van der Waals surface area contributed by atoms with Crippen molar-refractivity contribution in [3.63, 3.8) is 0 Å². The normalized spacial score (nSPS) is 25.3. The van der Waals surface area contributed by atoms with Crippen LogP contribution >= 0.6 is 23.2 Å². The highest BCUT2D eigenvalue weighted by Gasteiger charge is 2.41.